The first-order valence-electron chi connectivity index (χ1n) is 5.85. The third-order valence-electron chi connectivity index (χ3n) is 3.06. The molecule has 2 N–H and O–H groups in total. The SMILES string of the molecule is OCC(NCC1CCOCC1)c1ccco1. The summed E-state index contributed by atoms with van der Waals surface area (Å²) < 4.78 is 10.6. The van der Waals surface area contributed by atoms with Crippen molar-refractivity contribution in [1.29, 1.82) is 0 Å². The topological polar surface area (TPSA) is 54.6 Å². The second-order valence-corrected chi connectivity index (χ2v) is 4.21. The van der Waals surface area contributed by atoms with Crippen LogP contribution in [0.15, 0.2) is 22.8 Å². The second kappa shape index (κ2) is 6.03. The van der Waals surface area contributed by atoms with Gasteiger partial charge in [0.25, 0.3) is 0 Å². The van der Waals surface area contributed by atoms with Crippen LogP contribution in [0.25, 0.3) is 0 Å². The van der Waals surface area contributed by atoms with Crippen LogP contribution in [0.1, 0.15) is 24.6 Å². The van der Waals surface area contributed by atoms with Crippen LogP contribution >= 0.6 is 0 Å². The van der Waals surface area contributed by atoms with Gasteiger partial charge in [-0.2, -0.15) is 0 Å². The highest BCUT2D eigenvalue weighted by atomic mass is 16.5. The molecule has 0 radical (unpaired) electrons. The zero-order valence-electron chi connectivity index (χ0n) is 9.39. The Bertz CT molecular complexity index is 280. The van der Waals surface area contributed by atoms with Gasteiger partial charge in [-0.25, -0.2) is 0 Å². The molecule has 1 saturated heterocycles. The minimum absolute atomic E-state index is 0.0662. The quantitative estimate of drug-likeness (QED) is 0.793. The zero-order valence-corrected chi connectivity index (χ0v) is 9.39. The van der Waals surface area contributed by atoms with Crippen molar-refractivity contribution in [3.63, 3.8) is 0 Å². The molecule has 16 heavy (non-hydrogen) atoms. The molecule has 2 heterocycles. The molecule has 0 bridgehead atoms. The summed E-state index contributed by atoms with van der Waals surface area (Å²) in [5.74, 6) is 1.45. The third-order valence-corrected chi connectivity index (χ3v) is 3.06. The van der Waals surface area contributed by atoms with Crippen LogP contribution < -0.4 is 5.32 Å². The minimum atomic E-state index is -0.0853. The van der Waals surface area contributed by atoms with Crippen LogP contribution in [-0.4, -0.2) is 31.5 Å². The van der Waals surface area contributed by atoms with E-state index in [-0.39, 0.29) is 12.6 Å². The highest BCUT2D eigenvalue weighted by Gasteiger charge is 2.17. The molecule has 4 nitrogen and oxygen atoms in total. The number of rotatable bonds is 5. The molecule has 1 aromatic rings. The molecular formula is C12H19NO3. The molecule has 0 spiro atoms. The Labute approximate surface area is 95.6 Å². The van der Waals surface area contributed by atoms with E-state index in [1.54, 1.807) is 6.26 Å². The summed E-state index contributed by atoms with van der Waals surface area (Å²) in [4.78, 5) is 0. The summed E-state index contributed by atoms with van der Waals surface area (Å²) >= 11 is 0. The van der Waals surface area contributed by atoms with Gasteiger partial charge in [0.1, 0.15) is 5.76 Å². The van der Waals surface area contributed by atoms with Crippen molar-refractivity contribution in [2.24, 2.45) is 5.92 Å². The van der Waals surface area contributed by atoms with E-state index in [0.29, 0.717) is 5.92 Å². The third kappa shape index (κ3) is 3.07. The zero-order chi connectivity index (χ0) is 11.2. The normalized spacial score (nSPS) is 19.8. The lowest BCUT2D eigenvalue weighted by Crippen LogP contribution is -2.32. The lowest BCUT2D eigenvalue weighted by Gasteiger charge is -2.24. The monoisotopic (exact) mass is 225 g/mol. The van der Waals surface area contributed by atoms with Crippen molar-refractivity contribution in [3.05, 3.63) is 24.2 Å². The molecule has 0 amide bonds. The van der Waals surface area contributed by atoms with Crippen molar-refractivity contribution in [2.45, 2.75) is 18.9 Å². The molecule has 90 valence electrons. The maximum absolute atomic E-state index is 9.28. The van der Waals surface area contributed by atoms with E-state index in [1.165, 1.54) is 0 Å². The fourth-order valence-electron chi connectivity index (χ4n) is 2.00. The standard InChI is InChI=1S/C12H19NO3/c14-9-11(12-2-1-5-16-12)13-8-10-3-6-15-7-4-10/h1-2,5,10-11,13-14H,3-4,6-9H2. The summed E-state index contributed by atoms with van der Waals surface area (Å²) in [6.45, 7) is 2.69. The molecule has 1 aromatic heterocycles. The number of nitrogens with one attached hydrogen (secondary N) is 1. The molecule has 1 aliphatic rings. The minimum Gasteiger partial charge on any atom is -0.468 e. The molecule has 4 heteroatoms. The lowest BCUT2D eigenvalue weighted by atomic mass is 10.00. The van der Waals surface area contributed by atoms with E-state index < -0.39 is 0 Å². The molecule has 0 aromatic carbocycles. The first-order valence-corrected chi connectivity index (χ1v) is 5.85. The molecule has 1 atom stereocenters. The highest BCUT2D eigenvalue weighted by Crippen LogP contribution is 2.17. The number of furan rings is 1. The molecule has 1 fully saturated rings. The number of hydrogen-bond acceptors (Lipinski definition) is 4. The van der Waals surface area contributed by atoms with Crippen LogP contribution in [0, 0.1) is 5.92 Å². The maximum atomic E-state index is 9.28. The van der Waals surface area contributed by atoms with Crippen molar-refractivity contribution in [3.8, 4) is 0 Å². The van der Waals surface area contributed by atoms with E-state index >= 15 is 0 Å². The number of ether oxygens (including phenoxy) is 1. The number of aliphatic hydroxyl groups excluding tert-OH is 1. The summed E-state index contributed by atoms with van der Waals surface area (Å²) in [5, 5.41) is 12.6. The molecule has 0 saturated carbocycles. The predicted molar refractivity (Wildman–Crippen MR) is 60.1 cm³/mol. The molecule has 2 rings (SSSR count). The van der Waals surface area contributed by atoms with Gasteiger partial charge in [0.2, 0.25) is 0 Å². The van der Waals surface area contributed by atoms with Gasteiger partial charge >= 0.3 is 0 Å². The first-order chi connectivity index (χ1) is 7.90. The van der Waals surface area contributed by atoms with Crippen LogP contribution in [0.3, 0.4) is 0 Å². The summed E-state index contributed by atoms with van der Waals surface area (Å²) in [7, 11) is 0. The Kier molecular flexibility index (Phi) is 4.39. The van der Waals surface area contributed by atoms with E-state index in [2.05, 4.69) is 5.32 Å². The van der Waals surface area contributed by atoms with Crippen LogP contribution in [0.4, 0.5) is 0 Å². The number of aliphatic hydroxyl groups is 1. The van der Waals surface area contributed by atoms with Gasteiger partial charge < -0.3 is 19.6 Å². The van der Waals surface area contributed by atoms with Crippen LogP contribution in [-0.2, 0) is 4.74 Å². The maximum Gasteiger partial charge on any atom is 0.123 e. The molecule has 0 aliphatic carbocycles. The Morgan fingerprint density at radius 3 is 2.88 bits per heavy atom. The van der Waals surface area contributed by atoms with Gasteiger partial charge in [-0.3, -0.25) is 0 Å². The van der Waals surface area contributed by atoms with Crippen LogP contribution in [0.5, 0.6) is 0 Å². The van der Waals surface area contributed by atoms with Crippen LogP contribution in [0.2, 0.25) is 0 Å². The van der Waals surface area contributed by atoms with Crippen molar-refractivity contribution in [1.82, 2.24) is 5.32 Å². The average molecular weight is 225 g/mol. The van der Waals surface area contributed by atoms with Gasteiger partial charge in [0.05, 0.1) is 18.9 Å². The summed E-state index contributed by atoms with van der Waals surface area (Å²) in [6, 6.07) is 3.64. The van der Waals surface area contributed by atoms with Crippen molar-refractivity contribution < 1.29 is 14.3 Å². The van der Waals surface area contributed by atoms with Gasteiger partial charge in [-0.05, 0) is 37.4 Å². The molecular weight excluding hydrogens is 206 g/mol. The van der Waals surface area contributed by atoms with E-state index in [9.17, 15) is 5.11 Å². The van der Waals surface area contributed by atoms with Crippen molar-refractivity contribution in [2.75, 3.05) is 26.4 Å². The fraction of sp³-hybridized carbons (Fsp3) is 0.667. The smallest absolute Gasteiger partial charge is 0.123 e. The average Bonchev–Trinajstić information content (AvgIpc) is 2.85. The first kappa shape index (κ1) is 11.6. The fourth-order valence-corrected chi connectivity index (χ4v) is 2.00. The van der Waals surface area contributed by atoms with Crippen molar-refractivity contribution >= 4 is 0 Å². The highest BCUT2D eigenvalue weighted by molar-refractivity contribution is 5.04. The Hall–Kier alpha value is -0.840. The molecule has 1 unspecified atom stereocenters. The van der Waals surface area contributed by atoms with Gasteiger partial charge in [0, 0.05) is 13.2 Å². The second-order valence-electron chi connectivity index (χ2n) is 4.21. The van der Waals surface area contributed by atoms with E-state index in [0.717, 1.165) is 38.4 Å². The van der Waals surface area contributed by atoms with Gasteiger partial charge in [-0.15, -0.1) is 0 Å². The Balaban J connectivity index is 1.78. The summed E-state index contributed by atoms with van der Waals surface area (Å²) in [5.41, 5.74) is 0. The number of hydrogen-bond donors (Lipinski definition) is 2. The lowest BCUT2D eigenvalue weighted by molar-refractivity contribution is 0.0642. The Morgan fingerprint density at radius 1 is 1.44 bits per heavy atom. The summed E-state index contributed by atoms with van der Waals surface area (Å²) in [6.07, 6.45) is 3.83. The van der Waals surface area contributed by atoms with Gasteiger partial charge in [-0.1, -0.05) is 0 Å². The van der Waals surface area contributed by atoms with Gasteiger partial charge in [0.15, 0.2) is 0 Å². The Morgan fingerprint density at radius 2 is 2.25 bits per heavy atom. The van der Waals surface area contributed by atoms with E-state index in [4.69, 9.17) is 9.15 Å². The molecule has 1 aliphatic heterocycles. The van der Waals surface area contributed by atoms with E-state index in [1.807, 2.05) is 12.1 Å². The predicted octanol–water partition coefficient (Wildman–Crippen LogP) is 1.33. The largest absolute Gasteiger partial charge is 0.468 e.